The van der Waals surface area contributed by atoms with Gasteiger partial charge in [-0.3, -0.25) is 4.79 Å². The maximum atomic E-state index is 13.4. The largest absolute Gasteiger partial charge is 0.394 e. The monoisotopic (exact) mass is 1350 g/mol. The van der Waals surface area contributed by atoms with E-state index in [1.165, 1.54) is 116 Å². The first kappa shape index (κ1) is 88.2. The molecule has 2 aliphatic heterocycles. The van der Waals surface area contributed by atoms with E-state index in [-0.39, 0.29) is 18.9 Å². The van der Waals surface area contributed by atoms with E-state index in [9.17, 15) is 45.6 Å². The van der Waals surface area contributed by atoms with Gasteiger partial charge in [-0.1, -0.05) is 314 Å². The van der Waals surface area contributed by atoms with Crippen molar-refractivity contribution in [1.29, 1.82) is 0 Å². The van der Waals surface area contributed by atoms with Crippen molar-refractivity contribution >= 4 is 5.91 Å². The molecule has 12 unspecified atom stereocenters. The quantitative estimate of drug-likeness (QED) is 0.0204. The van der Waals surface area contributed by atoms with Crippen molar-refractivity contribution in [3.05, 3.63) is 134 Å². The van der Waals surface area contributed by atoms with Crippen molar-refractivity contribution in [3.63, 3.8) is 0 Å². The van der Waals surface area contributed by atoms with Crippen LogP contribution in [0.4, 0.5) is 0 Å². The average Bonchev–Trinajstić information content (AvgIpc) is 0.807. The molecule has 2 saturated heterocycles. The summed E-state index contributed by atoms with van der Waals surface area (Å²) in [6.45, 7) is 2.76. The molecule has 96 heavy (non-hydrogen) atoms. The van der Waals surface area contributed by atoms with Gasteiger partial charge in [0.1, 0.15) is 48.8 Å². The van der Waals surface area contributed by atoms with Gasteiger partial charge in [0, 0.05) is 6.42 Å². The zero-order valence-electron chi connectivity index (χ0n) is 60.1. The Hall–Kier alpha value is -3.87. The average molecular weight is 1350 g/mol. The summed E-state index contributed by atoms with van der Waals surface area (Å²) in [4.78, 5) is 13.4. The third kappa shape index (κ3) is 47.2. The summed E-state index contributed by atoms with van der Waals surface area (Å²) in [5, 5.41) is 87.7. The van der Waals surface area contributed by atoms with Gasteiger partial charge in [0.25, 0.3) is 0 Å². The summed E-state index contributed by atoms with van der Waals surface area (Å²) in [7, 11) is 0. The first-order chi connectivity index (χ1) is 47.1. The number of hydrogen-bond acceptors (Lipinski definition) is 13. The zero-order valence-corrected chi connectivity index (χ0v) is 60.1. The second kappa shape index (κ2) is 64.5. The number of aliphatic hydroxyl groups is 8. The SMILES string of the molecule is CC/C=C\C/C=C\C/C=C\C/C=C\C/C=C\C/C=C\C/C=C\C/C=C\C/C=C\C/C=C\C/C=C\CCCCCCCCCC(=O)NC(COC1OC(CO)C(OC2OC(CO)C(O)C(O)C2O)C(O)C1O)C(O)CCCCCCCCCCCCCCCCCCCCCCC. The lowest BCUT2D eigenvalue weighted by molar-refractivity contribution is -0.359. The van der Waals surface area contributed by atoms with E-state index >= 15 is 0 Å². The van der Waals surface area contributed by atoms with Crippen LogP contribution in [0.2, 0.25) is 0 Å². The van der Waals surface area contributed by atoms with Crippen LogP contribution in [0.1, 0.15) is 284 Å². The molecular formula is C82H139NO13. The Morgan fingerprint density at radius 1 is 0.385 bits per heavy atom. The number of hydrogen-bond donors (Lipinski definition) is 9. The molecule has 550 valence electrons. The number of amides is 1. The molecule has 0 aromatic carbocycles. The predicted molar refractivity (Wildman–Crippen MR) is 396 cm³/mol. The van der Waals surface area contributed by atoms with Crippen LogP contribution in [-0.4, -0.2) is 140 Å². The van der Waals surface area contributed by atoms with Gasteiger partial charge < -0.3 is 65.1 Å². The second-order valence-electron chi connectivity index (χ2n) is 26.4. The molecule has 1 amide bonds. The molecule has 0 aromatic heterocycles. The van der Waals surface area contributed by atoms with E-state index in [1.54, 1.807) is 0 Å². The number of allylic oxidation sites excluding steroid dienone is 22. The number of carbonyl (C=O) groups excluding carboxylic acids is 1. The lowest BCUT2D eigenvalue weighted by Crippen LogP contribution is -2.65. The fourth-order valence-corrected chi connectivity index (χ4v) is 11.8. The minimum absolute atomic E-state index is 0.220. The lowest BCUT2D eigenvalue weighted by Gasteiger charge is -2.46. The number of unbranched alkanes of at least 4 members (excludes halogenated alkanes) is 27. The van der Waals surface area contributed by atoms with Gasteiger partial charge in [0.05, 0.1) is 32.0 Å². The fourth-order valence-electron chi connectivity index (χ4n) is 11.8. The summed E-state index contributed by atoms with van der Waals surface area (Å²) < 4.78 is 22.9. The molecule has 0 saturated carbocycles. The Morgan fingerprint density at radius 2 is 0.719 bits per heavy atom. The number of nitrogens with one attached hydrogen (secondary N) is 1. The summed E-state index contributed by atoms with van der Waals surface area (Å²) in [6.07, 6.45) is 78.9. The molecule has 0 aromatic rings. The van der Waals surface area contributed by atoms with E-state index in [4.69, 9.17) is 18.9 Å². The van der Waals surface area contributed by atoms with Gasteiger partial charge in [-0.05, 0) is 96.3 Å². The van der Waals surface area contributed by atoms with Crippen LogP contribution in [0.25, 0.3) is 0 Å². The van der Waals surface area contributed by atoms with E-state index in [1.807, 2.05) is 0 Å². The van der Waals surface area contributed by atoms with Gasteiger partial charge in [-0.25, -0.2) is 0 Å². The molecule has 0 bridgehead atoms. The van der Waals surface area contributed by atoms with Crippen LogP contribution in [0, 0.1) is 0 Å². The Kier molecular flexibility index (Phi) is 59.3. The zero-order chi connectivity index (χ0) is 69.4. The summed E-state index contributed by atoms with van der Waals surface area (Å²) in [5.74, 6) is -0.220. The smallest absolute Gasteiger partial charge is 0.220 e. The molecule has 0 aliphatic carbocycles. The summed E-state index contributed by atoms with van der Waals surface area (Å²) in [6, 6.07) is -0.846. The molecule has 14 nitrogen and oxygen atoms in total. The van der Waals surface area contributed by atoms with E-state index in [0.29, 0.717) is 12.8 Å². The molecule has 12 atom stereocenters. The molecular weight excluding hydrogens is 1210 g/mol. The molecule has 2 fully saturated rings. The second-order valence-corrected chi connectivity index (χ2v) is 26.4. The van der Waals surface area contributed by atoms with Crippen molar-refractivity contribution in [2.45, 2.75) is 357 Å². The normalized spacial score (nSPS) is 23.0. The van der Waals surface area contributed by atoms with Gasteiger partial charge in [-0.2, -0.15) is 0 Å². The number of ether oxygens (including phenoxy) is 4. The van der Waals surface area contributed by atoms with Crippen LogP contribution in [-0.2, 0) is 23.7 Å². The topological polar surface area (TPSA) is 228 Å². The highest BCUT2D eigenvalue weighted by Crippen LogP contribution is 2.30. The highest BCUT2D eigenvalue weighted by Gasteiger charge is 2.51. The van der Waals surface area contributed by atoms with Gasteiger partial charge >= 0.3 is 0 Å². The third-order valence-corrected chi connectivity index (χ3v) is 17.9. The van der Waals surface area contributed by atoms with E-state index in [0.717, 1.165) is 135 Å². The lowest BCUT2D eigenvalue weighted by atomic mass is 9.97. The van der Waals surface area contributed by atoms with Gasteiger partial charge in [0.15, 0.2) is 12.6 Å². The Labute approximate surface area is 583 Å². The van der Waals surface area contributed by atoms with Crippen molar-refractivity contribution in [3.8, 4) is 0 Å². The summed E-state index contributed by atoms with van der Waals surface area (Å²) in [5.41, 5.74) is 0. The molecule has 14 heteroatoms. The Morgan fingerprint density at radius 3 is 1.10 bits per heavy atom. The standard InChI is InChI=1S/C82H139NO13/c1-3-5-7-9-11-13-15-17-19-21-23-25-26-27-28-29-30-31-32-33-34-35-36-37-38-39-40-41-42-43-44-46-48-50-52-54-56-58-60-62-64-66-74(87)83-70(71(86)65-63-61-59-57-55-53-51-49-47-45-24-22-20-18-16-14-12-10-8-6-4-2)69-93-81-79(92)77(90)80(73(68-85)95-81)96-82-78(91)76(89)75(88)72(67-84)94-82/h5,7,11,13,17,19,23,25,27-28,30-31,33-34,36-37,39-40,42-43,46,48,70-73,75-82,84-86,88-92H,3-4,6,8-10,12,14-16,18,20-22,24,26,29,32,35,38,41,44-45,47,49-69H2,1-2H3,(H,83,87)/b7-5-,13-11-,19-17-,25-23-,28-27-,31-30-,34-33-,37-36-,40-39-,43-42-,48-46-. The van der Waals surface area contributed by atoms with E-state index < -0.39 is 86.8 Å². The third-order valence-electron chi connectivity index (χ3n) is 17.9. The molecule has 2 aliphatic rings. The first-order valence-electron chi connectivity index (χ1n) is 38.4. The predicted octanol–water partition coefficient (Wildman–Crippen LogP) is 17.0. The van der Waals surface area contributed by atoms with Gasteiger partial charge in [-0.15, -0.1) is 0 Å². The van der Waals surface area contributed by atoms with Crippen LogP contribution in [0.15, 0.2) is 134 Å². The molecule has 0 radical (unpaired) electrons. The fraction of sp³-hybridized carbons (Fsp3) is 0.720. The first-order valence-corrected chi connectivity index (χ1v) is 38.4. The minimum Gasteiger partial charge on any atom is -0.394 e. The van der Waals surface area contributed by atoms with Crippen molar-refractivity contribution < 1.29 is 64.6 Å². The number of aliphatic hydroxyl groups excluding tert-OH is 8. The molecule has 0 spiro atoms. The van der Waals surface area contributed by atoms with Crippen LogP contribution >= 0.6 is 0 Å². The summed E-state index contributed by atoms with van der Waals surface area (Å²) >= 11 is 0. The maximum absolute atomic E-state index is 13.4. The molecule has 2 heterocycles. The highest BCUT2D eigenvalue weighted by molar-refractivity contribution is 5.76. The van der Waals surface area contributed by atoms with Gasteiger partial charge in [0.2, 0.25) is 5.91 Å². The minimum atomic E-state index is -1.79. The maximum Gasteiger partial charge on any atom is 0.220 e. The van der Waals surface area contributed by atoms with Crippen LogP contribution < -0.4 is 5.32 Å². The van der Waals surface area contributed by atoms with Crippen LogP contribution in [0.5, 0.6) is 0 Å². The number of carbonyl (C=O) groups is 1. The Bertz CT molecular complexity index is 2130. The van der Waals surface area contributed by atoms with Crippen LogP contribution in [0.3, 0.4) is 0 Å². The van der Waals surface area contributed by atoms with E-state index in [2.05, 4.69) is 153 Å². The molecule has 9 N–H and O–H groups in total. The highest BCUT2D eigenvalue weighted by atomic mass is 16.7. The van der Waals surface area contributed by atoms with Crippen molar-refractivity contribution in [1.82, 2.24) is 5.32 Å². The molecule has 2 rings (SSSR count). The van der Waals surface area contributed by atoms with Crippen molar-refractivity contribution in [2.24, 2.45) is 0 Å². The van der Waals surface area contributed by atoms with Crippen molar-refractivity contribution in [2.75, 3.05) is 19.8 Å². The Balaban J connectivity index is 1.63. The number of rotatable bonds is 62.